The van der Waals surface area contributed by atoms with E-state index in [1.54, 1.807) is 4.52 Å². The van der Waals surface area contributed by atoms with Gasteiger partial charge in [0.2, 0.25) is 0 Å². The van der Waals surface area contributed by atoms with Crippen molar-refractivity contribution in [1.82, 2.24) is 19.5 Å². The maximum Gasteiger partial charge on any atom is 0.355 e. The number of rotatable bonds is 2. The molecule has 0 aromatic carbocycles. The van der Waals surface area contributed by atoms with Crippen LogP contribution >= 0.6 is 0 Å². The van der Waals surface area contributed by atoms with Crippen molar-refractivity contribution < 1.29 is 9.90 Å². The van der Waals surface area contributed by atoms with Crippen molar-refractivity contribution >= 4 is 32.5 Å². The van der Waals surface area contributed by atoms with Gasteiger partial charge in [0, 0.05) is 37.5 Å². The number of aromatic nitrogens is 3. The normalized spacial score (nSPS) is 25.7. The molecule has 27 heavy (non-hydrogen) atoms. The largest absolute Gasteiger partial charge is 0.390 e. The molecular weight excluding hydrogens is 359 g/mol. The Morgan fingerprint density at radius 3 is 2.93 bits per heavy atom. The van der Waals surface area contributed by atoms with Gasteiger partial charge in [0.15, 0.2) is 5.65 Å². The average Bonchev–Trinajstić information content (AvgIpc) is 3.23. The first-order valence-corrected chi connectivity index (χ1v) is 10.4. The third-order valence-electron chi connectivity index (χ3n) is 5.63. The highest BCUT2D eigenvalue weighted by Gasteiger charge is 2.33. The van der Waals surface area contributed by atoms with E-state index in [9.17, 15) is 9.90 Å². The third kappa shape index (κ3) is 3.30. The fourth-order valence-corrected chi connectivity index (χ4v) is 4.74. The molecule has 3 atom stereocenters. The highest BCUT2D eigenvalue weighted by molar-refractivity contribution is 6.56. The number of nitriles is 1. The van der Waals surface area contributed by atoms with E-state index in [1.165, 1.54) is 0 Å². The molecule has 2 fully saturated rings. The van der Waals surface area contributed by atoms with Crippen LogP contribution in [0.2, 0.25) is 0 Å². The highest BCUT2D eigenvalue weighted by Crippen LogP contribution is 2.31. The van der Waals surface area contributed by atoms with E-state index < -0.39 is 12.0 Å². The lowest BCUT2D eigenvalue weighted by atomic mass is 10.0. The van der Waals surface area contributed by atoms with E-state index in [0.29, 0.717) is 29.4 Å². The first kappa shape index (κ1) is 18.2. The summed E-state index contributed by atoms with van der Waals surface area (Å²) in [5, 5.41) is 23.9. The quantitative estimate of drug-likeness (QED) is 0.766. The Kier molecular flexibility index (Phi) is 4.81. The number of nitrogens with zero attached hydrogens (tertiary/aromatic N) is 6. The number of aliphatic hydroxyl groups excluding tert-OH is 1. The minimum atomic E-state index is -0.650. The van der Waals surface area contributed by atoms with Gasteiger partial charge in [0.05, 0.1) is 29.8 Å². The second kappa shape index (κ2) is 7.12. The summed E-state index contributed by atoms with van der Waals surface area (Å²) in [6.07, 6.45) is 4.37. The molecule has 0 saturated carbocycles. The summed E-state index contributed by atoms with van der Waals surface area (Å²) >= 11 is 0.519. The Morgan fingerprint density at radius 1 is 1.41 bits per heavy atom. The molecule has 140 valence electrons. The Labute approximate surface area is 165 Å². The standard InChI is InChI=1S/C18H21N6O2.Al.2H/c1-12-8-24-17(20-18(12)23-9-13(7-19)16(26)10-23)6-14(21-24)15-4-2-3-5-22(15)11-25;;;/h6,8,13,15-16,26H,2-5,9-10H2,1H3;;;/t13-,15-,16+;;;/m0.../s1. The first-order valence-electron chi connectivity index (χ1n) is 9.44. The lowest BCUT2D eigenvalue weighted by Crippen LogP contribution is -2.37. The van der Waals surface area contributed by atoms with Gasteiger partial charge in [-0.2, -0.15) is 10.4 Å². The van der Waals surface area contributed by atoms with Crippen LogP contribution in [0.1, 0.15) is 36.6 Å². The molecule has 2 aromatic rings. The molecule has 2 saturated heterocycles. The van der Waals surface area contributed by atoms with Crippen LogP contribution in [0.5, 0.6) is 0 Å². The molecule has 0 aliphatic carbocycles. The van der Waals surface area contributed by atoms with Gasteiger partial charge in [-0.1, -0.05) is 0 Å². The Hall–Kier alpha value is -2.13. The van der Waals surface area contributed by atoms with Crippen molar-refractivity contribution in [1.29, 1.82) is 5.26 Å². The number of anilines is 1. The summed E-state index contributed by atoms with van der Waals surface area (Å²) in [7, 11) is 0. The van der Waals surface area contributed by atoms with Crippen molar-refractivity contribution in [3.63, 3.8) is 0 Å². The topological polar surface area (TPSA) is 97.8 Å². The van der Waals surface area contributed by atoms with Gasteiger partial charge in [-0.25, -0.2) is 9.50 Å². The van der Waals surface area contributed by atoms with Gasteiger partial charge in [-0.15, -0.1) is 0 Å². The molecule has 1 N–H and O–H groups in total. The van der Waals surface area contributed by atoms with Crippen LogP contribution < -0.4 is 4.90 Å². The summed E-state index contributed by atoms with van der Waals surface area (Å²) in [6, 6.07) is 4.16. The number of hydrogen-bond donors (Lipinski definition) is 1. The van der Waals surface area contributed by atoms with Gasteiger partial charge in [-0.3, -0.25) is 4.79 Å². The molecule has 0 spiro atoms. The van der Waals surface area contributed by atoms with Crippen LogP contribution in [0.3, 0.4) is 0 Å². The van der Waals surface area contributed by atoms with E-state index >= 15 is 0 Å². The van der Waals surface area contributed by atoms with E-state index in [0.717, 1.165) is 48.5 Å². The van der Waals surface area contributed by atoms with Crippen molar-refractivity contribution in [2.24, 2.45) is 5.92 Å². The number of likely N-dealkylation sites (tertiary alicyclic amines) is 1. The minimum Gasteiger partial charge on any atom is -0.390 e. The molecule has 4 rings (SSSR count). The molecule has 0 bridgehead atoms. The Morgan fingerprint density at radius 2 is 2.22 bits per heavy atom. The van der Waals surface area contributed by atoms with Crippen molar-refractivity contribution in [2.45, 2.75) is 38.3 Å². The van der Waals surface area contributed by atoms with Crippen LogP contribution in [0.4, 0.5) is 10.6 Å². The number of hydrogen-bond acceptors (Lipinski definition) is 6. The number of fused-ring (bicyclic) bond motifs is 1. The molecule has 9 heteroatoms. The van der Waals surface area contributed by atoms with Crippen LogP contribution in [0.25, 0.3) is 5.65 Å². The summed E-state index contributed by atoms with van der Waals surface area (Å²) in [5.41, 5.74) is 2.56. The molecule has 0 unspecified atom stereocenters. The number of piperidine rings is 1. The molecule has 2 aliphatic heterocycles. The number of carbonyl (C=O) groups excluding carboxylic acids is 1. The second-order valence-electron chi connectivity index (χ2n) is 7.55. The maximum absolute atomic E-state index is 12.1. The number of aliphatic hydroxyl groups is 1. The maximum atomic E-state index is 12.1. The average molecular weight is 382 g/mol. The zero-order valence-electron chi connectivity index (χ0n) is 15.7. The third-order valence-corrected chi connectivity index (χ3v) is 6.20. The van der Waals surface area contributed by atoms with E-state index in [-0.39, 0.29) is 10.8 Å². The van der Waals surface area contributed by atoms with Crippen LogP contribution in [-0.2, 0) is 0 Å². The van der Waals surface area contributed by atoms with Crippen LogP contribution in [-0.4, -0.2) is 71.4 Å². The molecule has 2 aromatic heterocycles. The highest BCUT2D eigenvalue weighted by atomic mass is 27.0. The van der Waals surface area contributed by atoms with E-state index in [4.69, 9.17) is 15.3 Å². The van der Waals surface area contributed by atoms with Crippen LogP contribution in [0, 0.1) is 24.2 Å². The fourth-order valence-electron chi connectivity index (χ4n) is 4.20. The van der Waals surface area contributed by atoms with Crippen molar-refractivity contribution in [3.8, 4) is 6.07 Å². The zero-order valence-corrected chi connectivity index (χ0v) is 17.7. The van der Waals surface area contributed by atoms with Gasteiger partial charge in [0.1, 0.15) is 10.6 Å². The summed E-state index contributed by atoms with van der Waals surface area (Å²) < 4.78 is 1.99. The number of amides is 1. The van der Waals surface area contributed by atoms with Crippen molar-refractivity contribution in [2.75, 3.05) is 24.5 Å². The van der Waals surface area contributed by atoms with Gasteiger partial charge in [-0.05, 0) is 26.2 Å². The molecule has 2 aliphatic rings. The summed E-state index contributed by atoms with van der Waals surface area (Å²) in [5.74, 6) is 0.392. The Balaban J connectivity index is 1.67. The number of aryl methyl sites for hydroxylation is 1. The smallest absolute Gasteiger partial charge is 0.355 e. The predicted molar refractivity (Wildman–Crippen MR) is 102 cm³/mol. The molecular formula is C18H23AlN6O2. The van der Waals surface area contributed by atoms with Crippen molar-refractivity contribution in [3.05, 3.63) is 23.5 Å². The molecule has 0 radical (unpaired) electrons. The zero-order chi connectivity index (χ0) is 19.1. The minimum absolute atomic E-state index is 0.0331. The number of β-amino-alcohol motifs (C(OH)–C–C–N with tert-alkyl or cyclic N) is 1. The SMILES string of the molecule is Cc1cn2nc([C@@H]3CCCCN3[C](=O)[AlH2])cc2nc1N1C[C@@H](O)[C@@H](C#N)C1. The molecule has 1 amide bonds. The van der Waals surface area contributed by atoms with Crippen LogP contribution in [0.15, 0.2) is 12.3 Å². The second-order valence-corrected chi connectivity index (χ2v) is 8.41. The summed E-state index contributed by atoms with van der Waals surface area (Å²) in [4.78, 5) is 20.7. The monoisotopic (exact) mass is 382 g/mol. The van der Waals surface area contributed by atoms with Gasteiger partial charge < -0.3 is 14.9 Å². The van der Waals surface area contributed by atoms with E-state index in [1.807, 2.05) is 29.0 Å². The van der Waals surface area contributed by atoms with E-state index in [2.05, 4.69) is 6.07 Å². The van der Waals surface area contributed by atoms with Gasteiger partial charge >= 0.3 is 16.3 Å². The fraction of sp³-hybridized carbons (Fsp3) is 0.556. The molecule has 4 heterocycles. The molecule has 8 nitrogen and oxygen atoms in total. The lowest BCUT2D eigenvalue weighted by molar-refractivity contribution is 0.170. The van der Waals surface area contributed by atoms with Gasteiger partial charge in [0.25, 0.3) is 0 Å². The Bertz CT molecular complexity index is 922. The number of carbonyl (C=O) groups is 1. The lowest BCUT2D eigenvalue weighted by Gasteiger charge is -2.34. The summed E-state index contributed by atoms with van der Waals surface area (Å²) in [6.45, 7) is 3.66. The predicted octanol–water partition coefficient (Wildman–Crippen LogP) is 0.639. The first-order chi connectivity index (χ1) is 13.0.